The van der Waals surface area contributed by atoms with Crippen molar-refractivity contribution in [2.75, 3.05) is 5.32 Å². The molecule has 22 heavy (non-hydrogen) atoms. The molecule has 0 bridgehead atoms. The quantitative estimate of drug-likeness (QED) is 0.773. The van der Waals surface area contributed by atoms with Crippen LogP contribution < -0.4 is 5.32 Å². The molecule has 0 saturated carbocycles. The largest absolute Gasteiger partial charge is 0.467 e. The minimum absolute atomic E-state index is 0.0426. The molecule has 4 nitrogen and oxygen atoms in total. The third-order valence-corrected chi connectivity index (χ3v) is 3.57. The number of aromatic nitrogens is 1. The first-order chi connectivity index (χ1) is 10.7. The van der Waals surface area contributed by atoms with Crippen LogP contribution in [0, 0.1) is 6.92 Å². The highest BCUT2D eigenvalue weighted by Crippen LogP contribution is 2.23. The summed E-state index contributed by atoms with van der Waals surface area (Å²) in [5.74, 6) is 0.731. The Morgan fingerprint density at radius 1 is 1.14 bits per heavy atom. The Bertz CT molecular complexity index is 679. The van der Waals surface area contributed by atoms with Gasteiger partial charge in [0.25, 0.3) is 0 Å². The van der Waals surface area contributed by atoms with Crippen molar-refractivity contribution >= 4 is 11.6 Å². The Morgan fingerprint density at radius 3 is 2.50 bits per heavy atom. The molecule has 0 fully saturated rings. The second-order valence-electron chi connectivity index (χ2n) is 5.28. The Balaban J connectivity index is 1.73. The van der Waals surface area contributed by atoms with Crippen molar-refractivity contribution in [3.63, 3.8) is 0 Å². The van der Waals surface area contributed by atoms with Gasteiger partial charge in [-0.05, 0) is 43.3 Å². The summed E-state index contributed by atoms with van der Waals surface area (Å²) in [5, 5.41) is 2.93. The molecule has 1 atom stereocenters. The number of amides is 1. The van der Waals surface area contributed by atoms with Gasteiger partial charge in [0.2, 0.25) is 5.91 Å². The monoisotopic (exact) mass is 294 g/mol. The summed E-state index contributed by atoms with van der Waals surface area (Å²) < 4.78 is 7.47. The van der Waals surface area contributed by atoms with Crippen molar-refractivity contribution in [2.24, 2.45) is 0 Å². The first-order valence-electron chi connectivity index (χ1n) is 7.25. The van der Waals surface area contributed by atoms with Crippen LogP contribution in [0.25, 0.3) is 0 Å². The molecule has 0 aliphatic heterocycles. The van der Waals surface area contributed by atoms with E-state index < -0.39 is 0 Å². The molecule has 2 aromatic heterocycles. The molecule has 2 heterocycles. The van der Waals surface area contributed by atoms with E-state index in [1.165, 1.54) is 5.56 Å². The normalized spacial score (nSPS) is 12.0. The van der Waals surface area contributed by atoms with E-state index in [-0.39, 0.29) is 11.9 Å². The number of furan rings is 1. The Labute approximate surface area is 129 Å². The zero-order valence-electron chi connectivity index (χ0n) is 12.4. The van der Waals surface area contributed by atoms with Gasteiger partial charge < -0.3 is 14.3 Å². The van der Waals surface area contributed by atoms with Gasteiger partial charge in [0.05, 0.1) is 18.7 Å². The maximum Gasteiger partial charge on any atom is 0.226 e. The molecule has 0 aliphatic rings. The third kappa shape index (κ3) is 3.28. The number of benzene rings is 1. The van der Waals surface area contributed by atoms with Crippen LogP contribution in [-0.2, 0) is 4.79 Å². The van der Waals surface area contributed by atoms with E-state index in [2.05, 4.69) is 5.32 Å². The molecule has 112 valence electrons. The van der Waals surface area contributed by atoms with Crippen molar-refractivity contribution in [2.45, 2.75) is 19.4 Å². The van der Waals surface area contributed by atoms with E-state index in [1.54, 1.807) is 6.26 Å². The second kappa shape index (κ2) is 6.35. The number of hydrogen-bond donors (Lipinski definition) is 1. The summed E-state index contributed by atoms with van der Waals surface area (Å²) in [6, 6.07) is 15.2. The number of carbonyl (C=O) groups is 1. The van der Waals surface area contributed by atoms with Gasteiger partial charge in [0.15, 0.2) is 0 Å². The first-order valence-corrected chi connectivity index (χ1v) is 7.25. The van der Waals surface area contributed by atoms with Gasteiger partial charge in [-0.1, -0.05) is 17.7 Å². The summed E-state index contributed by atoms with van der Waals surface area (Å²) >= 11 is 0. The molecule has 3 rings (SSSR count). The van der Waals surface area contributed by atoms with Gasteiger partial charge in [0.1, 0.15) is 5.76 Å². The second-order valence-corrected chi connectivity index (χ2v) is 5.28. The lowest BCUT2D eigenvalue weighted by Crippen LogP contribution is -2.19. The Kier molecular flexibility index (Phi) is 4.10. The highest BCUT2D eigenvalue weighted by atomic mass is 16.3. The fourth-order valence-corrected chi connectivity index (χ4v) is 2.41. The average molecular weight is 294 g/mol. The van der Waals surface area contributed by atoms with Gasteiger partial charge in [-0.3, -0.25) is 4.79 Å². The van der Waals surface area contributed by atoms with Crippen molar-refractivity contribution in [3.8, 4) is 0 Å². The maximum atomic E-state index is 12.3. The fraction of sp³-hybridized carbons (Fsp3) is 0.167. The summed E-state index contributed by atoms with van der Waals surface area (Å²) in [4.78, 5) is 12.3. The van der Waals surface area contributed by atoms with Gasteiger partial charge in [0, 0.05) is 18.1 Å². The van der Waals surface area contributed by atoms with E-state index in [1.807, 2.05) is 72.4 Å². The van der Waals surface area contributed by atoms with Crippen LogP contribution in [0.3, 0.4) is 0 Å². The topological polar surface area (TPSA) is 47.2 Å². The van der Waals surface area contributed by atoms with Gasteiger partial charge in [-0.25, -0.2) is 0 Å². The summed E-state index contributed by atoms with van der Waals surface area (Å²) in [5.41, 5.74) is 1.97. The minimum atomic E-state index is -0.143. The third-order valence-electron chi connectivity index (χ3n) is 3.57. The smallest absolute Gasteiger partial charge is 0.226 e. The first kappa shape index (κ1) is 14.2. The maximum absolute atomic E-state index is 12.3. The molecule has 1 N–H and O–H groups in total. The van der Waals surface area contributed by atoms with Crippen molar-refractivity contribution in [1.29, 1.82) is 0 Å². The van der Waals surface area contributed by atoms with Crippen LogP contribution in [0.5, 0.6) is 0 Å². The molecule has 0 aliphatic carbocycles. The minimum Gasteiger partial charge on any atom is -0.467 e. The van der Waals surface area contributed by atoms with Crippen LogP contribution in [0.1, 0.15) is 23.8 Å². The summed E-state index contributed by atoms with van der Waals surface area (Å²) in [6.45, 7) is 2.02. The number of hydrogen-bond acceptors (Lipinski definition) is 2. The highest BCUT2D eigenvalue weighted by molar-refractivity contribution is 5.91. The summed E-state index contributed by atoms with van der Waals surface area (Å²) in [7, 11) is 0. The van der Waals surface area contributed by atoms with Crippen LogP contribution in [-0.4, -0.2) is 10.5 Å². The van der Waals surface area contributed by atoms with Crippen molar-refractivity contribution in [3.05, 3.63) is 78.5 Å². The number of anilines is 1. The molecule has 1 aromatic carbocycles. The molecule has 0 unspecified atom stereocenters. The molecule has 0 radical (unpaired) electrons. The predicted molar refractivity (Wildman–Crippen MR) is 85.7 cm³/mol. The molecule has 0 spiro atoms. The molecular formula is C18H18N2O2. The number of carbonyl (C=O) groups excluding carboxylic acids is 1. The van der Waals surface area contributed by atoms with E-state index in [0.29, 0.717) is 6.42 Å². The lowest BCUT2D eigenvalue weighted by Gasteiger charge is -2.16. The lowest BCUT2D eigenvalue weighted by atomic mass is 10.1. The van der Waals surface area contributed by atoms with Crippen molar-refractivity contribution in [1.82, 2.24) is 4.57 Å². The molecule has 3 aromatic rings. The number of nitrogens with zero attached hydrogens (tertiary/aromatic N) is 1. The SMILES string of the molecule is Cc1ccc(NC(=O)C[C@H](c2ccco2)n2cccc2)cc1. The predicted octanol–water partition coefficient (Wildman–Crippen LogP) is 4.01. The average Bonchev–Trinajstić information content (AvgIpc) is 3.21. The summed E-state index contributed by atoms with van der Waals surface area (Å²) in [6.07, 6.45) is 5.82. The van der Waals surface area contributed by atoms with E-state index in [4.69, 9.17) is 4.42 Å². The van der Waals surface area contributed by atoms with Crippen LogP contribution in [0.2, 0.25) is 0 Å². The van der Waals surface area contributed by atoms with Gasteiger partial charge in [-0.2, -0.15) is 0 Å². The van der Waals surface area contributed by atoms with Crippen molar-refractivity contribution < 1.29 is 9.21 Å². The lowest BCUT2D eigenvalue weighted by molar-refractivity contribution is -0.116. The molecule has 1 amide bonds. The highest BCUT2D eigenvalue weighted by Gasteiger charge is 2.19. The van der Waals surface area contributed by atoms with E-state index in [0.717, 1.165) is 11.4 Å². The van der Waals surface area contributed by atoms with E-state index in [9.17, 15) is 4.79 Å². The fourth-order valence-electron chi connectivity index (χ4n) is 2.41. The van der Waals surface area contributed by atoms with Crippen LogP contribution in [0.15, 0.2) is 71.6 Å². The van der Waals surface area contributed by atoms with Gasteiger partial charge in [-0.15, -0.1) is 0 Å². The van der Waals surface area contributed by atoms with Gasteiger partial charge >= 0.3 is 0 Å². The number of rotatable bonds is 5. The zero-order chi connectivity index (χ0) is 15.4. The Hall–Kier alpha value is -2.75. The zero-order valence-corrected chi connectivity index (χ0v) is 12.4. The Morgan fingerprint density at radius 2 is 1.86 bits per heavy atom. The molecule has 4 heteroatoms. The van der Waals surface area contributed by atoms with E-state index >= 15 is 0 Å². The molecular weight excluding hydrogens is 276 g/mol. The van der Waals surface area contributed by atoms with Crippen LogP contribution >= 0.6 is 0 Å². The van der Waals surface area contributed by atoms with Crippen LogP contribution in [0.4, 0.5) is 5.69 Å². The number of aryl methyl sites for hydroxylation is 1. The standard InChI is InChI=1S/C18H18N2O2/c1-14-6-8-15(9-7-14)19-18(21)13-16(17-5-4-12-22-17)20-10-2-3-11-20/h2-12,16H,13H2,1H3,(H,19,21)/t16-/m1/s1. The molecule has 0 saturated heterocycles. The number of nitrogens with one attached hydrogen (secondary N) is 1.